The number of fused-ring (bicyclic) bond motifs is 1. The van der Waals surface area contributed by atoms with E-state index in [0.717, 1.165) is 32.5 Å². The molecular formula is C16H21N5O2. The lowest BCUT2D eigenvalue weighted by Gasteiger charge is -2.24. The first-order chi connectivity index (χ1) is 11.1. The molecule has 7 nitrogen and oxygen atoms in total. The van der Waals surface area contributed by atoms with Crippen molar-refractivity contribution in [2.45, 2.75) is 38.4 Å². The fraction of sp³-hybridized carbons (Fsp3) is 0.562. The van der Waals surface area contributed by atoms with Crippen molar-refractivity contribution < 1.29 is 9.32 Å². The highest BCUT2D eigenvalue weighted by Crippen LogP contribution is 2.33. The Morgan fingerprint density at radius 1 is 1.35 bits per heavy atom. The zero-order valence-corrected chi connectivity index (χ0v) is 13.5. The average molecular weight is 315 g/mol. The lowest BCUT2D eigenvalue weighted by molar-refractivity contribution is 0.0721. The van der Waals surface area contributed by atoms with E-state index in [0.29, 0.717) is 17.5 Å². The Morgan fingerprint density at radius 2 is 2.17 bits per heavy atom. The molecule has 2 aromatic heterocycles. The predicted octanol–water partition coefficient (Wildman–Crippen LogP) is 1.21. The Hall–Kier alpha value is -2.15. The Balaban J connectivity index is 1.46. The second kappa shape index (κ2) is 5.49. The van der Waals surface area contributed by atoms with Crippen LogP contribution in [-0.4, -0.2) is 55.8 Å². The van der Waals surface area contributed by atoms with Gasteiger partial charge in [0.1, 0.15) is 5.76 Å². The average Bonchev–Trinajstić information content (AvgIpc) is 3.26. The first kappa shape index (κ1) is 14.4. The van der Waals surface area contributed by atoms with Crippen LogP contribution in [-0.2, 0) is 13.6 Å². The van der Waals surface area contributed by atoms with E-state index < -0.39 is 0 Å². The molecule has 0 unspecified atom stereocenters. The normalized spacial score (nSPS) is 24.3. The third kappa shape index (κ3) is 2.55. The summed E-state index contributed by atoms with van der Waals surface area (Å²) in [6, 6.07) is 2.45. The number of carbonyl (C=O) groups is 1. The topological polar surface area (TPSA) is 67.4 Å². The van der Waals surface area contributed by atoms with Crippen LogP contribution in [0.1, 0.15) is 34.7 Å². The fourth-order valence-corrected chi connectivity index (χ4v) is 3.93. The van der Waals surface area contributed by atoms with Crippen LogP contribution < -0.4 is 0 Å². The van der Waals surface area contributed by atoms with Crippen LogP contribution >= 0.6 is 0 Å². The molecule has 4 heterocycles. The first-order valence-corrected chi connectivity index (χ1v) is 8.07. The standard InChI is InChI=1S/C16H21N5O2/c1-11-7-13(18-23-11)16(22)21-6-4-14-15(21)3-5-20(14)10-12-8-17-19(2)9-12/h7-9,14-15H,3-6,10H2,1-2H3/t14-,15+/m0/s1. The summed E-state index contributed by atoms with van der Waals surface area (Å²) in [6.45, 7) is 4.53. The van der Waals surface area contributed by atoms with Crippen molar-refractivity contribution in [3.63, 3.8) is 0 Å². The largest absolute Gasteiger partial charge is 0.361 e. The predicted molar refractivity (Wildman–Crippen MR) is 82.7 cm³/mol. The molecule has 4 rings (SSSR count). The molecule has 2 aliphatic heterocycles. The number of amides is 1. The summed E-state index contributed by atoms with van der Waals surface area (Å²) in [7, 11) is 1.94. The van der Waals surface area contributed by atoms with E-state index in [2.05, 4.69) is 21.4 Å². The van der Waals surface area contributed by atoms with Crippen molar-refractivity contribution in [1.29, 1.82) is 0 Å². The Kier molecular flexibility index (Phi) is 3.45. The van der Waals surface area contributed by atoms with E-state index in [1.807, 2.05) is 29.7 Å². The Bertz CT molecular complexity index is 722. The van der Waals surface area contributed by atoms with Crippen molar-refractivity contribution in [1.82, 2.24) is 24.7 Å². The van der Waals surface area contributed by atoms with Gasteiger partial charge in [-0.05, 0) is 19.8 Å². The van der Waals surface area contributed by atoms with E-state index in [9.17, 15) is 4.79 Å². The molecule has 0 radical (unpaired) electrons. The molecular weight excluding hydrogens is 294 g/mol. The van der Waals surface area contributed by atoms with Crippen molar-refractivity contribution in [3.05, 3.63) is 35.5 Å². The van der Waals surface area contributed by atoms with Gasteiger partial charge < -0.3 is 9.42 Å². The van der Waals surface area contributed by atoms with Gasteiger partial charge >= 0.3 is 0 Å². The van der Waals surface area contributed by atoms with Gasteiger partial charge in [0.2, 0.25) is 0 Å². The van der Waals surface area contributed by atoms with Crippen LogP contribution in [0, 0.1) is 6.92 Å². The molecule has 2 aliphatic rings. The molecule has 0 aliphatic carbocycles. The number of hydrogen-bond donors (Lipinski definition) is 0. The van der Waals surface area contributed by atoms with Crippen LogP contribution in [0.5, 0.6) is 0 Å². The monoisotopic (exact) mass is 315 g/mol. The molecule has 23 heavy (non-hydrogen) atoms. The number of aryl methyl sites for hydroxylation is 2. The van der Waals surface area contributed by atoms with Gasteiger partial charge in [-0.1, -0.05) is 5.16 Å². The maximum Gasteiger partial charge on any atom is 0.276 e. The number of hydrogen-bond acceptors (Lipinski definition) is 5. The number of rotatable bonds is 3. The van der Waals surface area contributed by atoms with Crippen LogP contribution in [0.3, 0.4) is 0 Å². The highest BCUT2D eigenvalue weighted by molar-refractivity contribution is 5.92. The van der Waals surface area contributed by atoms with Gasteiger partial charge in [-0.2, -0.15) is 5.10 Å². The maximum absolute atomic E-state index is 12.6. The number of carbonyl (C=O) groups excluding carboxylic acids is 1. The summed E-state index contributed by atoms with van der Waals surface area (Å²) in [6.07, 6.45) is 6.02. The minimum Gasteiger partial charge on any atom is -0.361 e. The minimum atomic E-state index is -0.00224. The first-order valence-electron chi connectivity index (χ1n) is 8.07. The van der Waals surface area contributed by atoms with Crippen molar-refractivity contribution in [2.75, 3.05) is 13.1 Å². The second-order valence-corrected chi connectivity index (χ2v) is 6.53. The summed E-state index contributed by atoms with van der Waals surface area (Å²) in [5, 5.41) is 8.11. The SMILES string of the molecule is Cc1cc(C(=O)N2CC[C@H]3[C@H]2CCN3Cc2cnn(C)c2)no1. The van der Waals surface area contributed by atoms with Gasteiger partial charge in [0, 0.05) is 56.6 Å². The quantitative estimate of drug-likeness (QED) is 0.851. The van der Waals surface area contributed by atoms with Crippen molar-refractivity contribution in [3.8, 4) is 0 Å². The van der Waals surface area contributed by atoms with Crippen molar-refractivity contribution in [2.24, 2.45) is 7.05 Å². The molecule has 2 saturated heterocycles. The van der Waals surface area contributed by atoms with Crippen molar-refractivity contribution >= 4 is 5.91 Å². The van der Waals surface area contributed by atoms with E-state index in [1.165, 1.54) is 5.56 Å². The minimum absolute atomic E-state index is 0.00224. The van der Waals surface area contributed by atoms with E-state index in [-0.39, 0.29) is 11.9 Å². The summed E-state index contributed by atoms with van der Waals surface area (Å²) >= 11 is 0. The van der Waals surface area contributed by atoms with E-state index >= 15 is 0 Å². The van der Waals surface area contributed by atoms with Crippen LogP contribution in [0.15, 0.2) is 23.0 Å². The van der Waals surface area contributed by atoms with Gasteiger partial charge in [-0.15, -0.1) is 0 Å². The van der Waals surface area contributed by atoms with E-state index in [4.69, 9.17) is 4.52 Å². The second-order valence-electron chi connectivity index (χ2n) is 6.53. The number of nitrogens with zero attached hydrogens (tertiary/aromatic N) is 5. The molecule has 0 N–H and O–H groups in total. The molecule has 0 saturated carbocycles. The highest BCUT2D eigenvalue weighted by atomic mass is 16.5. The summed E-state index contributed by atoms with van der Waals surface area (Å²) < 4.78 is 6.88. The molecule has 7 heteroatoms. The lowest BCUT2D eigenvalue weighted by Crippen LogP contribution is -2.39. The third-order valence-corrected chi connectivity index (χ3v) is 4.94. The molecule has 2 aromatic rings. The smallest absolute Gasteiger partial charge is 0.276 e. The third-order valence-electron chi connectivity index (χ3n) is 4.94. The zero-order valence-electron chi connectivity index (χ0n) is 13.5. The van der Waals surface area contributed by atoms with Crippen LogP contribution in [0.25, 0.3) is 0 Å². The molecule has 0 spiro atoms. The van der Waals surface area contributed by atoms with E-state index in [1.54, 1.807) is 6.07 Å². The molecule has 122 valence electrons. The maximum atomic E-state index is 12.6. The molecule has 0 bridgehead atoms. The zero-order chi connectivity index (χ0) is 16.0. The summed E-state index contributed by atoms with van der Waals surface area (Å²) in [4.78, 5) is 17.1. The van der Waals surface area contributed by atoms with Gasteiger partial charge in [0.15, 0.2) is 5.69 Å². The molecule has 2 atom stereocenters. The number of aromatic nitrogens is 3. The summed E-state index contributed by atoms with van der Waals surface area (Å²) in [5.41, 5.74) is 1.65. The Morgan fingerprint density at radius 3 is 2.87 bits per heavy atom. The Labute approximate surface area is 134 Å². The lowest BCUT2D eigenvalue weighted by atomic mass is 10.1. The van der Waals surface area contributed by atoms with Gasteiger partial charge in [0.25, 0.3) is 5.91 Å². The van der Waals surface area contributed by atoms with Gasteiger partial charge in [-0.25, -0.2) is 0 Å². The van der Waals surface area contributed by atoms with Crippen LogP contribution in [0.4, 0.5) is 0 Å². The van der Waals surface area contributed by atoms with Gasteiger partial charge in [-0.3, -0.25) is 14.4 Å². The molecule has 2 fully saturated rings. The number of likely N-dealkylation sites (tertiary alicyclic amines) is 2. The highest BCUT2D eigenvalue weighted by Gasteiger charge is 2.44. The summed E-state index contributed by atoms with van der Waals surface area (Å²) in [5.74, 6) is 0.673. The fourth-order valence-electron chi connectivity index (χ4n) is 3.93. The molecule has 0 aromatic carbocycles. The molecule has 1 amide bonds. The van der Waals surface area contributed by atoms with Gasteiger partial charge in [0.05, 0.1) is 6.20 Å². The van der Waals surface area contributed by atoms with Crippen LogP contribution in [0.2, 0.25) is 0 Å².